The number of amides is 3. The van der Waals surface area contributed by atoms with Gasteiger partial charge in [-0.25, -0.2) is 18.0 Å². The van der Waals surface area contributed by atoms with Crippen molar-refractivity contribution in [2.75, 3.05) is 16.6 Å². The van der Waals surface area contributed by atoms with Gasteiger partial charge in [0, 0.05) is 17.9 Å². The van der Waals surface area contributed by atoms with E-state index in [-0.39, 0.29) is 10.6 Å². The van der Waals surface area contributed by atoms with Gasteiger partial charge in [-0.3, -0.25) is 9.52 Å². The lowest BCUT2D eigenvalue weighted by Crippen LogP contribution is -2.35. The first-order chi connectivity index (χ1) is 16.8. The summed E-state index contributed by atoms with van der Waals surface area (Å²) in [4.78, 5) is 35.4. The summed E-state index contributed by atoms with van der Waals surface area (Å²) >= 11 is 0. The zero-order valence-corrected chi connectivity index (χ0v) is 21.4. The molecule has 0 fully saturated rings. The van der Waals surface area contributed by atoms with Crippen molar-refractivity contribution in [2.24, 2.45) is 0 Å². The van der Waals surface area contributed by atoms with Crippen LogP contribution in [0.4, 0.5) is 21.0 Å². The highest BCUT2D eigenvalue weighted by molar-refractivity contribution is 7.92. The average molecular weight is 521 g/mol. The summed E-state index contributed by atoms with van der Waals surface area (Å²) in [5.74, 6) is -1.16. The van der Waals surface area contributed by atoms with E-state index in [9.17, 15) is 27.9 Å². The minimum absolute atomic E-state index is 0.0878. The number of sulfonamides is 1. The number of urea groups is 1. The third-order valence-electron chi connectivity index (χ3n) is 4.55. The Morgan fingerprint density at radius 2 is 1.69 bits per heavy atom. The summed E-state index contributed by atoms with van der Waals surface area (Å²) in [5, 5.41) is 17.0. The Morgan fingerprint density at radius 1 is 1.03 bits per heavy atom. The second kappa shape index (κ2) is 12.2. The molecule has 0 spiro atoms. The number of hydrogen-bond donors (Lipinski definition) is 5. The van der Waals surface area contributed by atoms with Crippen molar-refractivity contribution in [2.45, 2.75) is 57.1 Å². The first kappa shape index (κ1) is 28.4. The predicted octanol–water partition coefficient (Wildman–Crippen LogP) is 4.06. The van der Waals surface area contributed by atoms with Crippen LogP contribution in [0, 0.1) is 0 Å². The van der Waals surface area contributed by atoms with Gasteiger partial charge in [0.2, 0.25) is 0 Å². The van der Waals surface area contributed by atoms with Gasteiger partial charge in [-0.1, -0.05) is 25.1 Å². The maximum atomic E-state index is 13.0. The highest BCUT2D eigenvalue weighted by atomic mass is 32.2. The number of anilines is 2. The Morgan fingerprint density at radius 3 is 2.33 bits per heavy atom. The van der Waals surface area contributed by atoms with Crippen LogP contribution in [0.15, 0.2) is 53.4 Å². The molecule has 11 nitrogen and oxygen atoms in total. The van der Waals surface area contributed by atoms with Gasteiger partial charge in [0.05, 0.1) is 17.4 Å². The number of alkyl carbamates (subject to hydrolysis) is 1. The fourth-order valence-corrected chi connectivity index (χ4v) is 4.16. The largest absolute Gasteiger partial charge is 0.481 e. The number of carboxylic acids is 1. The van der Waals surface area contributed by atoms with Crippen molar-refractivity contribution in [3.05, 3.63) is 54.1 Å². The highest BCUT2D eigenvalue weighted by Crippen LogP contribution is 2.24. The van der Waals surface area contributed by atoms with Crippen LogP contribution < -0.4 is 20.7 Å². The number of benzene rings is 2. The second-order valence-corrected chi connectivity index (χ2v) is 10.6. The molecule has 5 N–H and O–H groups in total. The minimum Gasteiger partial charge on any atom is -0.481 e. The summed E-state index contributed by atoms with van der Waals surface area (Å²) in [6.45, 7) is 7.42. The third-order valence-corrected chi connectivity index (χ3v) is 5.93. The van der Waals surface area contributed by atoms with E-state index in [2.05, 4.69) is 20.7 Å². The zero-order valence-electron chi connectivity index (χ0n) is 20.6. The summed E-state index contributed by atoms with van der Waals surface area (Å²) in [6.07, 6.45) is -0.485. The van der Waals surface area contributed by atoms with Gasteiger partial charge >= 0.3 is 18.1 Å². The molecule has 2 aromatic rings. The number of hydrogen-bond acceptors (Lipinski definition) is 6. The number of carbonyl (C=O) groups excluding carboxylic acids is 2. The Hall–Kier alpha value is -3.80. The normalized spacial score (nSPS) is 12.2. The summed E-state index contributed by atoms with van der Waals surface area (Å²) in [6, 6.07) is 10.4. The first-order valence-corrected chi connectivity index (χ1v) is 12.8. The van der Waals surface area contributed by atoms with Gasteiger partial charge < -0.3 is 25.8 Å². The van der Waals surface area contributed by atoms with E-state index in [1.54, 1.807) is 32.9 Å². The summed E-state index contributed by atoms with van der Waals surface area (Å²) in [5.41, 5.74) is 0.0396. The molecule has 0 heterocycles. The quantitative estimate of drug-likeness (QED) is 0.315. The van der Waals surface area contributed by atoms with Crippen LogP contribution in [-0.2, 0) is 19.6 Å². The van der Waals surface area contributed by atoms with Crippen LogP contribution in [0.3, 0.4) is 0 Å². The van der Waals surface area contributed by atoms with Gasteiger partial charge in [-0.05, 0) is 63.1 Å². The molecule has 0 saturated carbocycles. The zero-order chi connectivity index (χ0) is 26.9. The Labute approximate surface area is 210 Å². The van der Waals surface area contributed by atoms with Gasteiger partial charge in [-0.15, -0.1) is 0 Å². The fourth-order valence-electron chi connectivity index (χ4n) is 3.06. The Balaban J connectivity index is 2.23. The van der Waals surface area contributed by atoms with Crippen LogP contribution >= 0.6 is 0 Å². The molecule has 1 atom stereocenters. The molecule has 0 aliphatic rings. The van der Waals surface area contributed by atoms with Crippen LogP contribution in [0.2, 0.25) is 0 Å². The van der Waals surface area contributed by atoms with Crippen molar-refractivity contribution in [3.63, 3.8) is 0 Å². The van der Waals surface area contributed by atoms with Crippen LogP contribution in [-0.4, -0.2) is 43.8 Å². The molecule has 196 valence electrons. The standard InChI is InChI=1S/C24H32N4O7S/c1-5-12-25-22(31)26-17-9-7-11-19(14-17)36(33,34)28-18-10-6-8-16(13-18)20(15-21(29)30)27-23(32)35-24(2,3)4/h6-11,13-14,20,28H,5,12,15H2,1-4H3,(H,27,32)(H,29,30)(H2,25,26,31)/t20-/m1/s1. The lowest BCUT2D eigenvalue weighted by Gasteiger charge is -2.23. The molecular formula is C24H32N4O7S. The topological polar surface area (TPSA) is 163 Å². The molecule has 2 rings (SSSR count). The molecule has 0 aliphatic carbocycles. The molecule has 2 aromatic carbocycles. The van der Waals surface area contributed by atoms with Crippen LogP contribution in [0.25, 0.3) is 0 Å². The van der Waals surface area contributed by atoms with E-state index < -0.39 is 46.2 Å². The first-order valence-electron chi connectivity index (χ1n) is 11.3. The monoisotopic (exact) mass is 520 g/mol. The lowest BCUT2D eigenvalue weighted by atomic mass is 10.0. The van der Waals surface area contributed by atoms with E-state index in [4.69, 9.17) is 4.74 Å². The van der Waals surface area contributed by atoms with Gasteiger partial charge in [0.1, 0.15) is 5.60 Å². The van der Waals surface area contributed by atoms with Crippen LogP contribution in [0.1, 0.15) is 52.1 Å². The molecule has 3 amide bonds. The predicted molar refractivity (Wildman–Crippen MR) is 135 cm³/mol. The fraction of sp³-hybridized carbons (Fsp3) is 0.375. The maximum absolute atomic E-state index is 13.0. The number of ether oxygens (including phenoxy) is 1. The van der Waals surface area contributed by atoms with E-state index in [1.165, 1.54) is 36.4 Å². The van der Waals surface area contributed by atoms with E-state index in [0.717, 1.165) is 6.42 Å². The molecule has 0 aromatic heterocycles. The SMILES string of the molecule is CCCNC(=O)Nc1cccc(S(=O)(=O)Nc2cccc([C@@H](CC(=O)O)NC(=O)OC(C)(C)C)c2)c1. The third kappa shape index (κ3) is 9.45. The number of nitrogens with one attached hydrogen (secondary N) is 4. The van der Waals surface area contributed by atoms with Crippen LogP contribution in [0.5, 0.6) is 0 Å². The number of aliphatic carboxylic acids is 1. The van der Waals surface area contributed by atoms with Gasteiger partial charge in [0.15, 0.2) is 0 Å². The average Bonchev–Trinajstić information content (AvgIpc) is 2.76. The highest BCUT2D eigenvalue weighted by Gasteiger charge is 2.23. The molecule has 36 heavy (non-hydrogen) atoms. The Kier molecular flexibility index (Phi) is 9.68. The maximum Gasteiger partial charge on any atom is 0.408 e. The number of carbonyl (C=O) groups is 3. The van der Waals surface area contributed by atoms with E-state index in [1.807, 2.05) is 6.92 Å². The molecule has 0 aliphatic heterocycles. The minimum atomic E-state index is -4.05. The molecule has 0 unspecified atom stereocenters. The molecular weight excluding hydrogens is 488 g/mol. The van der Waals surface area contributed by atoms with Crippen molar-refractivity contribution in [3.8, 4) is 0 Å². The number of carboxylic acid groups (broad SMARTS) is 1. The van der Waals surface area contributed by atoms with E-state index >= 15 is 0 Å². The number of rotatable bonds is 10. The molecule has 0 saturated heterocycles. The van der Waals surface area contributed by atoms with Crippen molar-refractivity contribution >= 4 is 39.5 Å². The molecule has 12 heteroatoms. The van der Waals surface area contributed by atoms with Gasteiger partial charge in [-0.2, -0.15) is 0 Å². The molecule has 0 radical (unpaired) electrons. The van der Waals surface area contributed by atoms with Crippen molar-refractivity contribution in [1.82, 2.24) is 10.6 Å². The second-order valence-electron chi connectivity index (χ2n) is 8.94. The smallest absolute Gasteiger partial charge is 0.408 e. The van der Waals surface area contributed by atoms with Crippen molar-refractivity contribution in [1.29, 1.82) is 0 Å². The lowest BCUT2D eigenvalue weighted by molar-refractivity contribution is -0.137. The van der Waals surface area contributed by atoms with Gasteiger partial charge in [0.25, 0.3) is 10.0 Å². The summed E-state index contributed by atoms with van der Waals surface area (Å²) in [7, 11) is -4.05. The molecule has 0 bridgehead atoms. The summed E-state index contributed by atoms with van der Waals surface area (Å²) < 4.78 is 33.6. The van der Waals surface area contributed by atoms with E-state index in [0.29, 0.717) is 17.8 Å². The Bertz CT molecular complexity index is 1190. The van der Waals surface area contributed by atoms with Crippen molar-refractivity contribution < 1.29 is 32.6 Å².